The molecule has 2 saturated carbocycles. The van der Waals surface area contributed by atoms with Gasteiger partial charge in [-0.3, -0.25) is 29.4 Å². The van der Waals surface area contributed by atoms with Gasteiger partial charge in [-0.15, -0.1) is 11.8 Å². The van der Waals surface area contributed by atoms with Gasteiger partial charge in [-0.1, -0.05) is 57.1 Å². The molecule has 6 unspecified atom stereocenters. The number of anilines is 1. The first kappa shape index (κ1) is 28.7. The Morgan fingerprint density at radius 3 is 2.51 bits per heavy atom. The van der Waals surface area contributed by atoms with Crippen molar-refractivity contribution >= 4 is 62.2 Å². The molecule has 7 atom stereocenters. The minimum Gasteiger partial charge on any atom is -0.489 e. The van der Waals surface area contributed by atoms with E-state index >= 15 is 0 Å². The van der Waals surface area contributed by atoms with E-state index in [0.717, 1.165) is 36.8 Å². The molecule has 1 saturated heterocycles. The van der Waals surface area contributed by atoms with Crippen molar-refractivity contribution in [2.75, 3.05) is 4.90 Å². The Hall–Kier alpha value is -3.74. The lowest BCUT2D eigenvalue weighted by atomic mass is 9.68. The highest BCUT2D eigenvalue weighted by molar-refractivity contribution is 9.10. The lowest BCUT2D eigenvalue weighted by Gasteiger charge is -2.43. The highest BCUT2D eigenvalue weighted by atomic mass is 79.9. The second-order valence-corrected chi connectivity index (χ2v) is 15.3. The Kier molecular flexibility index (Phi) is 6.81. The maximum absolute atomic E-state index is 14.1. The fourth-order valence-electron chi connectivity index (χ4n) is 8.20. The fourth-order valence-corrected chi connectivity index (χ4v) is 11.3. The van der Waals surface area contributed by atoms with Crippen molar-refractivity contribution in [2.24, 2.45) is 29.6 Å². The number of H-pyrrole nitrogens is 1. The lowest BCUT2D eigenvalue weighted by Crippen LogP contribution is -2.42. The Labute approximate surface area is 274 Å². The molecule has 2 amide bonds. The predicted octanol–water partition coefficient (Wildman–Crippen LogP) is 6.67. The number of halogens is 1. The van der Waals surface area contributed by atoms with E-state index in [-0.39, 0.29) is 52.0 Å². The van der Waals surface area contributed by atoms with Gasteiger partial charge in [0.05, 0.1) is 27.5 Å². The van der Waals surface area contributed by atoms with E-state index in [1.807, 2.05) is 43.3 Å². The van der Waals surface area contributed by atoms with Crippen molar-refractivity contribution < 1.29 is 19.2 Å². The molecule has 3 fully saturated rings. The van der Waals surface area contributed by atoms with Crippen LogP contribution in [0, 0.1) is 46.6 Å². The SMILES string of the molecule is Cc1cccc(COc2ccc([N+](=O)[O-])cc2[C@H]2c3sc(=O)[nH]c3SC3C4CC(C5C(=O)N(c6ccc(Br)cc6)C(=O)C45)C32)c1. The van der Waals surface area contributed by atoms with Gasteiger partial charge in [0, 0.05) is 38.2 Å². The van der Waals surface area contributed by atoms with Crippen LogP contribution in [0.4, 0.5) is 11.4 Å². The zero-order chi connectivity index (χ0) is 31.1. The van der Waals surface area contributed by atoms with Gasteiger partial charge in [0.2, 0.25) is 11.8 Å². The third-order valence-corrected chi connectivity index (χ3v) is 12.9. The highest BCUT2D eigenvalue weighted by Crippen LogP contribution is 2.69. The molecule has 4 aromatic rings. The van der Waals surface area contributed by atoms with Crippen molar-refractivity contribution in [3.8, 4) is 5.75 Å². The molecule has 2 aliphatic heterocycles. The van der Waals surface area contributed by atoms with E-state index in [1.165, 1.54) is 11.0 Å². The van der Waals surface area contributed by atoms with E-state index in [9.17, 15) is 24.5 Å². The van der Waals surface area contributed by atoms with E-state index in [4.69, 9.17) is 4.74 Å². The van der Waals surface area contributed by atoms with Crippen LogP contribution < -0.4 is 14.5 Å². The number of ether oxygens (including phenoxy) is 1. The zero-order valence-corrected chi connectivity index (χ0v) is 27.1. The van der Waals surface area contributed by atoms with E-state index in [2.05, 4.69) is 20.9 Å². The molecule has 228 valence electrons. The number of nitrogens with zero attached hydrogens (tertiary/aromatic N) is 2. The number of rotatable bonds is 6. The number of benzene rings is 3. The predicted molar refractivity (Wildman–Crippen MR) is 174 cm³/mol. The number of imide groups is 1. The smallest absolute Gasteiger partial charge is 0.305 e. The summed E-state index contributed by atoms with van der Waals surface area (Å²) in [5.74, 6) is -1.50. The quantitative estimate of drug-likeness (QED) is 0.135. The van der Waals surface area contributed by atoms with Crippen LogP contribution in [-0.4, -0.2) is 27.0 Å². The second kappa shape index (κ2) is 10.7. The van der Waals surface area contributed by atoms with Crippen LogP contribution in [0.3, 0.4) is 0 Å². The number of nitrogens with one attached hydrogen (secondary N) is 1. The molecule has 0 spiro atoms. The number of aromatic amines is 1. The number of amides is 2. The summed E-state index contributed by atoms with van der Waals surface area (Å²) in [4.78, 5) is 57.2. The number of nitro benzene ring substituents is 1. The number of aryl methyl sites for hydroxylation is 1. The second-order valence-electron chi connectivity index (χ2n) is 12.2. The molecule has 1 N–H and O–H groups in total. The summed E-state index contributed by atoms with van der Waals surface area (Å²) in [7, 11) is 0. The topological polar surface area (TPSA) is 123 Å². The van der Waals surface area contributed by atoms with Crippen LogP contribution >= 0.6 is 39.0 Å². The van der Waals surface area contributed by atoms with Crippen LogP contribution in [0.15, 0.2) is 81.0 Å². The number of carbonyl (C=O) groups is 2. The van der Waals surface area contributed by atoms with Crippen LogP contribution in [0.5, 0.6) is 5.75 Å². The Morgan fingerprint density at radius 2 is 1.78 bits per heavy atom. The van der Waals surface area contributed by atoms with Gasteiger partial charge in [-0.25, -0.2) is 0 Å². The maximum atomic E-state index is 14.1. The average Bonchev–Trinajstić information content (AvgIpc) is 3.75. The van der Waals surface area contributed by atoms with Crippen molar-refractivity contribution in [3.05, 3.63) is 113 Å². The Morgan fingerprint density at radius 1 is 1.02 bits per heavy atom. The van der Waals surface area contributed by atoms with Crippen LogP contribution in [0.2, 0.25) is 0 Å². The first-order valence-electron chi connectivity index (χ1n) is 14.7. The van der Waals surface area contributed by atoms with E-state index < -0.39 is 22.7 Å². The van der Waals surface area contributed by atoms with Gasteiger partial charge in [0.15, 0.2) is 0 Å². The number of hydrogen-bond donors (Lipinski definition) is 1. The third-order valence-electron chi connectivity index (χ3n) is 9.82. The normalized spacial score (nSPS) is 27.8. The summed E-state index contributed by atoms with van der Waals surface area (Å²) in [6.45, 7) is 2.27. The molecular weight excluding hydrogens is 678 g/mol. The first-order chi connectivity index (χ1) is 21.7. The molecule has 0 radical (unpaired) electrons. The molecule has 45 heavy (non-hydrogen) atoms. The van der Waals surface area contributed by atoms with Crippen molar-refractivity contribution in [1.82, 2.24) is 4.98 Å². The monoisotopic (exact) mass is 703 g/mol. The first-order valence-corrected chi connectivity index (χ1v) is 17.2. The summed E-state index contributed by atoms with van der Waals surface area (Å²) in [6, 6.07) is 19.8. The minimum atomic E-state index is -0.483. The zero-order valence-electron chi connectivity index (χ0n) is 23.8. The summed E-state index contributed by atoms with van der Waals surface area (Å²) < 4.78 is 7.23. The van der Waals surface area contributed by atoms with E-state index in [0.29, 0.717) is 23.4 Å². The van der Waals surface area contributed by atoms with Crippen molar-refractivity contribution in [2.45, 2.75) is 36.1 Å². The lowest BCUT2D eigenvalue weighted by molar-refractivity contribution is -0.385. The van der Waals surface area contributed by atoms with Gasteiger partial charge in [0.25, 0.3) is 5.69 Å². The van der Waals surface area contributed by atoms with Crippen LogP contribution in [-0.2, 0) is 16.2 Å². The number of fused-ring (bicyclic) bond motifs is 9. The molecule has 2 bridgehead atoms. The number of hydrogen-bond acceptors (Lipinski definition) is 8. The standard InChI is InChI=1S/C33H26BrN3O6S2/c1-15-3-2-4-16(11-15)14-43-23-10-9-19(37(41)42)12-20(23)24-25-21-13-22(28(25)44-30-29(24)45-33(40)35-30)27-26(21)31(38)36(32(27)39)18-7-5-17(34)6-8-18/h2-12,21-22,24-28H,13-14H2,1H3,(H,35,40)/t21?,22?,24-,25?,26?,27?,28?/m1/s1. The molecule has 1 aromatic heterocycles. The van der Waals surface area contributed by atoms with Crippen LogP contribution in [0.1, 0.15) is 33.9 Å². The minimum absolute atomic E-state index is 0.0514. The number of non-ortho nitro benzene ring substituents is 1. The Balaban J connectivity index is 1.22. The number of carbonyl (C=O) groups excluding carboxylic acids is 2. The van der Waals surface area contributed by atoms with Crippen molar-refractivity contribution in [1.29, 1.82) is 0 Å². The molecule has 12 heteroatoms. The van der Waals surface area contributed by atoms with Gasteiger partial charge >= 0.3 is 4.87 Å². The summed E-state index contributed by atoms with van der Waals surface area (Å²) in [5, 5.41) is 12.7. The maximum Gasteiger partial charge on any atom is 0.305 e. The van der Waals surface area contributed by atoms with Gasteiger partial charge < -0.3 is 9.72 Å². The van der Waals surface area contributed by atoms with Gasteiger partial charge in [0.1, 0.15) is 12.4 Å². The number of thiazole rings is 1. The summed E-state index contributed by atoms with van der Waals surface area (Å²) in [6.07, 6.45) is 0.716. The van der Waals surface area contributed by atoms with Gasteiger partial charge in [-0.05, 0) is 67.0 Å². The average molecular weight is 705 g/mol. The Bertz CT molecular complexity index is 1960. The molecule has 3 aromatic carbocycles. The molecule has 2 aliphatic carbocycles. The molecular formula is C33H26BrN3O6S2. The number of aromatic nitrogens is 1. The largest absolute Gasteiger partial charge is 0.489 e. The number of nitro groups is 1. The third kappa shape index (κ3) is 4.51. The summed E-state index contributed by atoms with van der Waals surface area (Å²) in [5.41, 5.74) is 3.19. The van der Waals surface area contributed by atoms with Crippen LogP contribution in [0.25, 0.3) is 0 Å². The molecule has 9 nitrogen and oxygen atoms in total. The molecule has 3 heterocycles. The molecule has 4 aliphatic rings. The summed E-state index contributed by atoms with van der Waals surface area (Å²) >= 11 is 6.12. The number of thioether (sulfide) groups is 1. The molecule has 8 rings (SSSR count). The van der Waals surface area contributed by atoms with Gasteiger partial charge in [-0.2, -0.15) is 0 Å². The fraction of sp³-hybridized carbons (Fsp3) is 0.303. The highest BCUT2D eigenvalue weighted by Gasteiger charge is 2.70. The van der Waals surface area contributed by atoms with Crippen molar-refractivity contribution in [3.63, 3.8) is 0 Å². The van der Waals surface area contributed by atoms with E-state index in [1.54, 1.807) is 36.0 Å².